The Balaban J connectivity index is 0.00000441. The third-order valence-corrected chi connectivity index (χ3v) is 10.2. The summed E-state index contributed by atoms with van der Waals surface area (Å²) in [6, 6.07) is 0.544. The standard InChI is InChI=1S/C23H26N6O7S2Si.H2O/c1-36-27-15(13-10-38-23(24)25-13)18(30)26-16-19(31)29-17(22(34)35)11(9-37-20(16)29)7-28-6-5-12(21(32)33)14(8-28)39(2,3)4;/h5-6,8,10,16,20H,7,9H2,1-4H3,(H4-,24,25,26,30,32,33,34,35);1H2/b27-15-;/t16-,20-;/m1./s1. The quantitative estimate of drug-likeness (QED) is 0.0966. The van der Waals surface area contributed by atoms with Crippen LogP contribution in [-0.2, 0) is 25.8 Å². The normalized spacial score (nSPS) is 18.9. The van der Waals surface area contributed by atoms with Crippen molar-refractivity contribution in [3.8, 4) is 0 Å². The van der Waals surface area contributed by atoms with Crippen LogP contribution in [0.5, 0.6) is 0 Å². The number of thioether (sulfide) groups is 1. The molecular weight excluding hydrogens is 581 g/mol. The fourth-order valence-electron chi connectivity index (χ4n) is 4.35. The first-order chi connectivity index (χ1) is 18.3. The van der Waals surface area contributed by atoms with Gasteiger partial charge >= 0.3 is 11.9 Å². The van der Waals surface area contributed by atoms with Gasteiger partial charge in [0.05, 0.1) is 13.6 Å². The first kappa shape index (κ1) is 30.7. The second kappa shape index (κ2) is 11.7. The highest BCUT2D eigenvalue weighted by Crippen LogP contribution is 2.40. The average Bonchev–Trinajstić information content (AvgIpc) is 3.30. The van der Waals surface area contributed by atoms with Crippen molar-refractivity contribution in [2.24, 2.45) is 5.16 Å². The minimum atomic E-state index is -2.04. The summed E-state index contributed by atoms with van der Waals surface area (Å²) in [7, 11) is -0.772. The lowest BCUT2D eigenvalue weighted by atomic mass is 10.0. The maximum Gasteiger partial charge on any atom is 0.352 e. The number of carbonyl (C=O) groups is 4. The van der Waals surface area contributed by atoms with Gasteiger partial charge in [0.1, 0.15) is 29.9 Å². The number of nitrogen functional groups attached to an aromatic ring is 1. The number of pyridine rings is 1. The molecule has 1 fully saturated rings. The van der Waals surface area contributed by atoms with E-state index in [0.29, 0.717) is 11.3 Å². The van der Waals surface area contributed by atoms with Crippen molar-refractivity contribution in [2.45, 2.75) is 37.6 Å². The molecule has 4 heterocycles. The number of rotatable bonds is 9. The molecule has 2 aromatic rings. The highest BCUT2D eigenvalue weighted by molar-refractivity contribution is 8.00. The van der Waals surface area contributed by atoms with Gasteiger partial charge in [0.15, 0.2) is 29.8 Å². The van der Waals surface area contributed by atoms with Crippen molar-refractivity contribution in [3.63, 3.8) is 0 Å². The van der Waals surface area contributed by atoms with Gasteiger partial charge in [-0.15, -0.1) is 23.1 Å². The van der Waals surface area contributed by atoms with Gasteiger partial charge < -0.3 is 31.6 Å². The molecule has 2 aromatic heterocycles. The Kier molecular flexibility index (Phi) is 9.02. The molecule has 214 valence electrons. The van der Waals surface area contributed by atoms with E-state index in [1.807, 2.05) is 19.6 Å². The van der Waals surface area contributed by atoms with E-state index in [1.165, 1.54) is 35.2 Å². The first-order valence-corrected chi connectivity index (χ1v) is 17.1. The number of aromatic nitrogens is 2. The Labute approximate surface area is 237 Å². The highest BCUT2D eigenvalue weighted by Gasteiger charge is 2.55. The number of β-lactam (4-membered cyclic amide) rings is 1. The van der Waals surface area contributed by atoms with Crippen LogP contribution in [0.3, 0.4) is 0 Å². The fraction of sp³-hybridized carbons (Fsp3) is 0.348. The van der Waals surface area contributed by atoms with Crippen molar-refractivity contribution in [1.29, 1.82) is 0 Å². The molecule has 0 spiro atoms. The van der Waals surface area contributed by atoms with E-state index in [9.17, 15) is 29.4 Å². The average molecular weight is 609 g/mol. The van der Waals surface area contributed by atoms with Crippen LogP contribution in [0.15, 0.2) is 40.3 Å². The molecule has 6 N–H and O–H groups in total. The molecule has 2 aliphatic heterocycles. The van der Waals surface area contributed by atoms with E-state index in [0.717, 1.165) is 16.5 Å². The molecule has 0 radical (unpaired) electrons. The van der Waals surface area contributed by atoms with Gasteiger partial charge in [-0.3, -0.25) is 14.5 Å². The second-order valence-electron chi connectivity index (χ2n) is 9.81. The van der Waals surface area contributed by atoms with Crippen molar-refractivity contribution >= 4 is 71.0 Å². The molecule has 0 unspecified atom stereocenters. The fourth-order valence-corrected chi connectivity index (χ4v) is 7.78. The van der Waals surface area contributed by atoms with Gasteiger partial charge in [-0.25, -0.2) is 19.1 Å². The Bertz CT molecular complexity index is 1440. The molecule has 14 nitrogen and oxygen atoms in total. The summed E-state index contributed by atoms with van der Waals surface area (Å²) in [4.78, 5) is 60.0. The Hall–Kier alpha value is -3.80. The number of hydrogen-bond donors (Lipinski definition) is 4. The van der Waals surface area contributed by atoms with Crippen LogP contribution < -0.4 is 20.8 Å². The zero-order chi connectivity index (χ0) is 28.6. The van der Waals surface area contributed by atoms with E-state index in [1.54, 1.807) is 17.0 Å². The number of nitrogens with zero attached hydrogens (tertiary/aromatic N) is 4. The largest absolute Gasteiger partial charge is 0.870 e. The van der Waals surface area contributed by atoms with Crippen molar-refractivity contribution in [2.75, 3.05) is 18.6 Å². The number of carbonyl (C=O) groups excluding carboxylic acids is 2. The number of nitrogens with two attached hydrogens (primary N) is 1. The third kappa shape index (κ3) is 5.86. The van der Waals surface area contributed by atoms with Crippen LogP contribution in [0.4, 0.5) is 5.13 Å². The first-order valence-electron chi connectivity index (χ1n) is 11.6. The number of aliphatic carboxylic acids is 1. The lowest BCUT2D eigenvalue weighted by molar-refractivity contribution is -0.688. The molecule has 1 saturated heterocycles. The number of carboxylic acid groups (broad SMARTS) is 2. The number of hydrogen-bond acceptors (Lipinski definition) is 11. The lowest BCUT2D eigenvalue weighted by Crippen LogP contribution is -2.71. The molecule has 4 rings (SSSR count). The zero-order valence-electron chi connectivity index (χ0n) is 21.9. The van der Waals surface area contributed by atoms with Crippen LogP contribution in [-0.4, -0.2) is 87.4 Å². The zero-order valence-corrected chi connectivity index (χ0v) is 24.6. The predicted molar refractivity (Wildman–Crippen MR) is 148 cm³/mol. The lowest BCUT2D eigenvalue weighted by Gasteiger charge is -2.49. The van der Waals surface area contributed by atoms with Gasteiger partial charge in [0, 0.05) is 28.0 Å². The summed E-state index contributed by atoms with van der Waals surface area (Å²) in [5.41, 5.74) is 6.26. The molecule has 2 aliphatic rings. The number of aromatic carboxylic acids is 1. The maximum atomic E-state index is 13.1. The van der Waals surface area contributed by atoms with Crippen molar-refractivity contribution in [3.05, 3.63) is 46.4 Å². The van der Waals surface area contributed by atoms with Crippen LogP contribution in [0.2, 0.25) is 19.6 Å². The summed E-state index contributed by atoms with van der Waals surface area (Å²) >= 11 is 2.44. The molecule has 0 saturated carbocycles. The molecule has 2 amide bonds. The Morgan fingerprint density at radius 1 is 1.30 bits per heavy atom. The molecule has 17 heteroatoms. The van der Waals surface area contributed by atoms with Crippen LogP contribution in [0.25, 0.3) is 0 Å². The van der Waals surface area contributed by atoms with Gasteiger partial charge in [-0.1, -0.05) is 24.8 Å². The molecule has 2 atom stereocenters. The Morgan fingerprint density at radius 2 is 2.00 bits per heavy atom. The summed E-state index contributed by atoms with van der Waals surface area (Å²) in [6.07, 6.45) is 3.35. The smallest absolute Gasteiger partial charge is 0.352 e. The number of oxime groups is 1. The minimum Gasteiger partial charge on any atom is -0.870 e. The van der Waals surface area contributed by atoms with Gasteiger partial charge in [0.2, 0.25) is 0 Å². The number of nitrogens with one attached hydrogen (secondary N) is 1. The van der Waals surface area contributed by atoms with E-state index in [4.69, 9.17) is 10.6 Å². The summed E-state index contributed by atoms with van der Waals surface area (Å²) in [5.74, 6) is -3.27. The number of thiazole rings is 1. The Morgan fingerprint density at radius 3 is 2.55 bits per heavy atom. The van der Waals surface area contributed by atoms with Gasteiger partial charge in [-0.2, -0.15) is 0 Å². The molecule has 0 bridgehead atoms. The van der Waals surface area contributed by atoms with E-state index < -0.39 is 43.2 Å². The van der Waals surface area contributed by atoms with Crippen LogP contribution in [0.1, 0.15) is 16.1 Å². The molecule has 0 aliphatic carbocycles. The van der Waals surface area contributed by atoms with Crippen molar-refractivity contribution < 1.29 is 44.3 Å². The molecule has 40 heavy (non-hydrogen) atoms. The summed E-state index contributed by atoms with van der Waals surface area (Å²) < 4.78 is 1.75. The van der Waals surface area contributed by atoms with Crippen LogP contribution >= 0.6 is 23.1 Å². The number of amides is 2. The molecule has 0 aromatic carbocycles. The van der Waals surface area contributed by atoms with Gasteiger partial charge in [0.25, 0.3) is 11.8 Å². The third-order valence-electron chi connectivity index (χ3n) is 6.13. The number of fused-ring (bicyclic) bond motifs is 1. The van der Waals surface area contributed by atoms with E-state index in [-0.39, 0.29) is 39.8 Å². The topological polar surface area (TPSA) is 218 Å². The van der Waals surface area contributed by atoms with Crippen molar-refractivity contribution in [1.82, 2.24) is 15.2 Å². The van der Waals surface area contributed by atoms with E-state index in [2.05, 4.69) is 15.5 Å². The van der Waals surface area contributed by atoms with Gasteiger partial charge in [-0.05, 0) is 0 Å². The predicted octanol–water partition coefficient (Wildman–Crippen LogP) is -0.131. The number of anilines is 1. The molecular formula is C23H28N6O8S2Si. The number of carboxylic acids is 2. The second-order valence-corrected chi connectivity index (χ2v) is 16.8. The SMILES string of the molecule is CO/N=C(\C(=O)N[C@@H]1C(=O)N2C(C(=O)O)=C(C[n+]3ccc(C(=O)O)c([Si](C)(C)C)c3)CS[C@H]12)c1csc(N)n1.[OH-]. The monoisotopic (exact) mass is 608 g/mol. The summed E-state index contributed by atoms with van der Waals surface area (Å²) in [5, 5.41) is 27.8. The summed E-state index contributed by atoms with van der Waals surface area (Å²) in [6.45, 7) is 6.25. The minimum absolute atomic E-state index is 0. The van der Waals surface area contributed by atoms with Crippen LogP contribution in [0, 0.1) is 0 Å². The van der Waals surface area contributed by atoms with E-state index >= 15 is 0 Å². The maximum absolute atomic E-state index is 13.1. The highest BCUT2D eigenvalue weighted by atomic mass is 32.2.